The molecule has 134 valence electrons. The minimum atomic E-state index is -1.02. The fourth-order valence-corrected chi connectivity index (χ4v) is 2.71. The summed E-state index contributed by atoms with van der Waals surface area (Å²) >= 11 is 5.91. The number of hydrogen-bond acceptors (Lipinski definition) is 3. The zero-order chi connectivity index (χ0) is 18.6. The number of amides is 1. The van der Waals surface area contributed by atoms with Crippen LogP contribution in [0.1, 0.15) is 31.5 Å². The van der Waals surface area contributed by atoms with Crippen LogP contribution in [0.3, 0.4) is 0 Å². The summed E-state index contributed by atoms with van der Waals surface area (Å²) in [7, 11) is 0. The van der Waals surface area contributed by atoms with Crippen molar-refractivity contribution in [3.05, 3.63) is 40.5 Å². The molecule has 1 heterocycles. The van der Waals surface area contributed by atoms with Gasteiger partial charge in [-0.1, -0.05) is 44.0 Å². The SMILES string of the molecule is CC[C@H](C)[C@H](NC(=O)Cc1c(-c2ccc(Cl)cc2)n[nH]c1C)C(=O)O. The number of halogens is 1. The highest BCUT2D eigenvalue weighted by molar-refractivity contribution is 6.30. The van der Waals surface area contributed by atoms with E-state index in [-0.39, 0.29) is 18.2 Å². The smallest absolute Gasteiger partial charge is 0.326 e. The van der Waals surface area contributed by atoms with Gasteiger partial charge in [0.15, 0.2) is 0 Å². The molecule has 7 heteroatoms. The van der Waals surface area contributed by atoms with E-state index in [1.54, 1.807) is 19.1 Å². The van der Waals surface area contributed by atoms with Gasteiger partial charge in [0.2, 0.25) is 5.91 Å². The van der Waals surface area contributed by atoms with E-state index in [1.807, 2.05) is 26.0 Å². The monoisotopic (exact) mass is 363 g/mol. The van der Waals surface area contributed by atoms with Crippen LogP contribution in [0.4, 0.5) is 0 Å². The lowest BCUT2D eigenvalue weighted by Gasteiger charge is -2.20. The van der Waals surface area contributed by atoms with Gasteiger partial charge in [-0.15, -0.1) is 0 Å². The van der Waals surface area contributed by atoms with E-state index in [4.69, 9.17) is 11.6 Å². The number of nitrogens with one attached hydrogen (secondary N) is 2. The van der Waals surface area contributed by atoms with Crippen LogP contribution in [0.15, 0.2) is 24.3 Å². The summed E-state index contributed by atoms with van der Waals surface area (Å²) in [5.74, 6) is -1.51. The molecule has 25 heavy (non-hydrogen) atoms. The Kier molecular flexibility index (Phi) is 6.20. The first-order valence-electron chi connectivity index (χ1n) is 8.15. The number of carboxylic acids is 1. The van der Waals surface area contributed by atoms with Crippen molar-refractivity contribution in [3.63, 3.8) is 0 Å². The predicted molar refractivity (Wildman–Crippen MR) is 96.5 cm³/mol. The Hall–Kier alpha value is -2.34. The van der Waals surface area contributed by atoms with E-state index in [9.17, 15) is 14.7 Å². The molecule has 0 fully saturated rings. The van der Waals surface area contributed by atoms with Gasteiger partial charge in [0.25, 0.3) is 0 Å². The number of H-pyrrole nitrogens is 1. The summed E-state index contributed by atoms with van der Waals surface area (Å²) in [6.07, 6.45) is 0.721. The van der Waals surface area contributed by atoms with Crippen LogP contribution >= 0.6 is 11.6 Å². The maximum atomic E-state index is 12.4. The van der Waals surface area contributed by atoms with Crippen LogP contribution in [-0.2, 0) is 16.0 Å². The number of carbonyl (C=O) groups excluding carboxylic acids is 1. The molecular formula is C18H22ClN3O3. The number of benzene rings is 1. The summed E-state index contributed by atoms with van der Waals surface area (Å²) in [6, 6.07) is 6.28. The minimum Gasteiger partial charge on any atom is -0.480 e. The van der Waals surface area contributed by atoms with Crippen LogP contribution in [0.25, 0.3) is 11.3 Å². The maximum Gasteiger partial charge on any atom is 0.326 e. The molecule has 6 nitrogen and oxygen atoms in total. The Bertz CT molecular complexity index is 755. The number of aliphatic carboxylic acids is 1. The fourth-order valence-electron chi connectivity index (χ4n) is 2.58. The zero-order valence-corrected chi connectivity index (χ0v) is 15.2. The molecule has 1 aromatic carbocycles. The number of nitrogens with zero attached hydrogens (tertiary/aromatic N) is 1. The first-order valence-corrected chi connectivity index (χ1v) is 8.53. The lowest BCUT2D eigenvalue weighted by molar-refractivity contribution is -0.143. The van der Waals surface area contributed by atoms with Crippen LogP contribution < -0.4 is 5.32 Å². The number of hydrogen-bond donors (Lipinski definition) is 3. The highest BCUT2D eigenvalue weighted by Crippen LogP contribution is 2.25. The Balaban J connectivity index is 2.20. The molecule has 0 unspecified atom stereocenters. The van der Waals surface area contributed by atoms with Gasteiger partial charge < -0.3 is 10.4 Å². The second-order valence-electron chi connectivity index (χ2n) is 6.13. The normalized spacial score (nSPS) is 13.3. The highest BCUT2D eigenvalue weighted by Gasteiger charge is 2.26. The van der Waals surface area contributed by atoms with Crippen LogP contribution in [0.5, 0.6) is 0 Å². The topological polar surface area (TPSA) is 95.1 Å². The van der Waals surface area contributed by atoms with Gasteiger partial charge in [0, 0.05) is 21.8 Å². The molecule has 0 spiro atoms. The molecule has 0 aliphatic rings. The van der Waals surface area contributed by atoms with E-state index in [0.29, 0.717) is 17.1 Å². The number of carboxylic acid groups (broad SMARTS) is 1. The van der Waals surface area contributed by atoms with E-state index >= 15 is 0 Å². The van der Waals surface area contributed by atoms with Crippen LogP contribution in [0.2, 0.25) is 5.02 Å². The second-order valence-corrected chi connectivity index (χ2v) is 6.56. The minimum absolute atomic E-state index is 0.0561. The van der Waals surface area contributed by atoms with Gasteiger partial charge in [-0.25, -0.2) is 4.79 Å². The average Bonchev–Trinajstić information content (AvgIpc) is 2.93. The number of rotatable bonds is 7. The molecule has 0 aliphatic heterocycles. The van der Waals surface area contributed by atoms with Gasteiger partial charge in [-0.3, -0.25) is 9.89 Å². The number of aromatic nitrogens is 2. The number of aryl methyl sites for hydroxylation is 1. The Morgan fingerprint density at radius 3 is 2.52 bits per heavy atom. The van der Waals surface area contributed by atoms with E-state index < -0.39 is 12.0 Å². The van der Waals surface area contributed by atoms with Crippen molar-refractivity contribution in [2.24, 2.45) is 5.92 Å². The predicted octanol–water partition coefficient (Wildman–Crippen LogP) is 3.20. The molecule has 2 atom stereocenters. The summed E-state index contributed by atoms with van der Waals surface area (Å²) < 4.78 is 0. The molecule has 3 N–H and O–H groups in total. The van der Waals surface area contributed by atoms with Crippen molar-refractivity contribution in [2.75, 3.05) is 0 Å². The molecule has 2 aromatic rings. The molecule has 2 rings (SSSR count). The standard InChI is InChI=1S/C18H22ClN3O3/c1-4-10(2)16(18(24)25)20-15(23)9-14-11(3)21-22-17(14)12-5-7-13(19)8-6-12/h5-8,10,16H,4,9H2,1-3H3,(H,20,23)(H,21,22)(H,24,25)/t10-,16-/m0/s1. The molecule has 0 saturated heterocycles. The number of aromatic amines is 1. The summed E-state index contributed by atoms with van der Waals surface area (Å²) in [4.78, 5) is 23.8. The third-order valence-corrected chi connectivity index (χ3v) is 4.58. The molecule has 1 aromatic heterocycles. The maximum absolute atomic E-state index is 12.4. The largest absolute Gasteiger partial charge is 0.480 e. The lowest BCUT2D eigenvalue weighted by atomic mass is 9.98. The average molecular weight is 364 g/mol. The van der Waals surface area contributed by atoms with Crippen molar-refractivity contribution in [2.45, 2.75) is 39.7 Å². The Labute approximate surface area is 151 Å². The molecular weight excluding hydrogens is 342 g/mol. The van der Waals surface area contributed by atoms with E-state index in [0.717, 1.165) is 16.8 Å². The summed E-state index contributed by atoms with van der Waals surface area (Å²) in [6.45, 7) is 5.53. The van der Waals surface area contributed by atoms with Gasteiger partial charge >= 0.3 is 5.97 Å². The third kappa shape index (κ3) is 4.60. The lowest BCUT2D eigenvalue weighted by Crippen LogP contribution is -2.45. The molecule has 0 bridgehead atoms. The first kappa shape index (κ1) is 19.0. The van der Waals surface area contributed by atoms with Gasteiger partial charge in [-0.2, -0.15) is 5.10 Å². The first-order chi connectivity index (χ1) is 11.8. The van der Waals surface area contributed by atoms with E-state index in [2.05, 4.69) is 15.5 Å². The molecule has 0 aliphatic carbocycles. The van der Waals surface area contributed by atoms with Crippen molar-refractivity contribution in [1.29, 1.82) is 0 Å². The summed E-state index contributed by atoms with van der Waals surface area (Å²) in [5.41, 5.74) is 3.02. The Morgan fingerprint density at radius 1 is 1.32 bits per heavy atom. The second kappa shape index (κ2) is 8.16. The molecule has 1 amide bonds. The van der Waals surface area contributed by atoms with Gasteiger partial charge in [0.1, 0.15) is 6.04 Å². The van der Waals surface area contributed by atoms with Crippen LogP contribution in [0, 0.1) is 12.8 Å². The quantitative estimate of drug-likeness (QED) is 0.704. The van der Waals surface area contributed by atoms with Crippen molar-refractivity contribution in [3.8, 4) is 11.3 Å². The van der Waals surface area contributed by atoms with Crippen molar-refractivity contribution < 1.29 is 14.7 Å². The Morgan fingerprint density at radius 2 is 1.96 bits per heavy atom. The fraction of sp³-hybridized carbons (Fsp3) is 0.389. The van der Waals surface area contributed by atoms with Crippen molar-refractivity contribution in [1.82, 2.24) is 15.5 Å². The molecule has 0 radical (unpaired) electrons. The van der Waals surface area contributed by atoms with Crippen molar-refractivity contribution >= 4 is 23.5 Å². The summed E-state index contributed by atoms with van der Waals surface area (Å²) in [5, 5.41) is 19.7. The zero-order valence-electron chi connectivity index (χ0n) is 14.5. The number of carbonyl (C=O) groups is 2. The van der Waals surface area contributed by atoms with Gasteiger partial charge in [0.05, 0.1) is 12.1 Å². The third-order valence-electron chi connectivity index (χ3n) is 4.32. The van der Waals surface area contributed by atoms with Gasteiger partial charge in [-0.05, 0) is 25.0 Å². The molecule has 0 saturated carbocycles. The van der Waals surface area contributed by atoms with E-state index in [1.165, 1.54) is 0 Å². The highest BCUT2D eigenvalue weighted by atomic mass is 35.5. The van der Waals surface area contributed by atoms with Crippen LogP contribution in [-0.4, -0.2) is 33.2 Å².